The number of rotatable bonds is 9. The highest BCUT2D eigenvalue weighted by Crippen LogP contribution is 2.16. The van der Waals surface area contributed by atoms with Crippen molar-refractivity contribution >= 4 is 24.2 Å². The predicted octanol–water partition coefficient (Wildman–Crippen LogP) is 0.534. The molecule has 2 rings (SSSR count). The van der Waals surface area contributed by atoms with Crippen molar-refractivity contribution in [2.45, 2.75) is 19.0 Å². The van der Waals surface area contributed by atoms with E-state index in [1.165, 1.54) is 18.3 Å². The molecule has 0 aliphatic carbocycles. The molecule has 0 radical (unpaired) electrons. The number of imide groups is 1. The Balaban J connectivity index is 1.85. The van der Waals surface area contributed by atoms with Gasteiger partial charge in [-0.2, -0.15) is 5.10 Å². The number of carbonyl (C=O) groups is 2. The van der Waals surface area contributed by atoms with Crippen molar-refractivity contribution in [2.75, 3.05) is 52.3 Å². The van der Waals surface area contributed by atoms with Gasteiger partial charge in [-0.05, 0) is 24.7 Å². The van der Waals surface area contributed by atoms with E-state index >= 15 is 0 Å². The summed E-state index contributed by atoms with van der Waals surface area (Å²) in [5, 5.41) is 9.13. The Bertz CT molecular complexity index is 629. The monoisotopic (exact) mass is 375 g/mol. The van der Waals surface area contributed by atoms with E-state index in [0.717, 1.165) is 31.2 Å². The average molecular weight is 375 g/mol. The van der Waals surface area contributed by atoms with Crippen molar-refractivity contribution < 1.29 is 14.3 Å². The molecule has 0 spiro atoms. The molecular weight excluding hydrogens is 346 g/mol. The normalized spacial score (nSPS) is 15.6. The van der Waals surface area contributed by atoms with Crippen molar-refractivity contribution in [3.63, 3.8) is 0 Å². The second-order valence-corrected chi connectivity index (χ2v) is 6.46. The zero-order valence-corrected chi connectivity index (χ0v) is 16.3. The number of benzene rings is 1. The number of hydrazone groups is 1. The number of hydrogen-bond donors (Lipinski definition) is 1. The standard InChI is InChI=1S/C19H29N5O3/c1-20-18(14-19(26)22(2)15-25)23(3)21-9-8-16-4-6-17(7-5-16)24-10-12-27-13-11-24/h4-7,9,15,18,20H,8,10-14H2,1-3H3/b21-9+. The minimum atomic E-state index is -0.278. The first-order valence-corrected chi connectivity index (χ1v) is 9.10. The van der Waals surface area contributed by atoms with Gasteiger partial charge in [0.25, 0.3) is 0 Å². The lowest BCUT2D eigenvalue weighted by Crippen LogP contribution is -2.43. The number of nitrogens with one attached hydrogen (secondary N) is 1. The van der Waals surface area contributed by atoms with Crippen molar-refractivity contribution in [1.82, 2.24) is 15.2 Å². The number of hydrogen-bond acceptors (Lipinski definition) is 7. The number of carbonyl (C=O) groups excluding carboxylic acids is 2. The Morgan fingerprint density at radius 2 is 1.96 bits per heavy atom. The number of morpholine rings is 1. The quantitative estimate of drug-likeness (QED) is 0.294. The van der Waals surface area contributed by atoms with Gasteiger partial charge in [0.05, 0.1) is 19.6 Å². The maximum Gasteiger partial charge on any atom is 0.232 e. The summed E-state index contributed by atoms with van der Waals surface area (Å²) in [5.41, 5.74) is 2.38. The van der Waals surface area contributed by atoms with Gasteiger partial charge < -0.3 is 9.64 Å². The maximum absolute atomic E-state index is 11.9. The Morgan fingerprint density at radius 1 is 1.30 bits per heavy atom. The van der Waals surface area contributed by atoms with Crippen molar-refractivity contribution in [1.29, 1.82) is 0 Å². The largest absolute Gasteiger partial charge is 0.378 e. The van der Waals surface area contributed by atoms with Gasteiger partial charge in [0, 0.05) is 45.5 Å². The number of nitrogens with zero attached hydrogens (tertiary/aromatic N) is 4. The average Bonchev–Trinajstić information content (AvgIpc) is 2.72. The lowest BCUT2D eigenvalue weighted by atomic mass is 10.1. The number of ether oxygens (including phenoxy) is 1. The fraction of sp³-hybridized carbons (Fsp3) is 0.526. The van der Waals surface area contributed by atoms with Gasteiger partial charge >= 0.3 is 0 Å². The molecule has 27 heavy (non-hydrogen) atoms. The molecule has 0 saturated carbocycles. The first kappa shape index (κ1) is 20.9. The third-order valence-electron chi connectivity index (χ3n) is 4.61. The summed E-state index contributed by atoms with van der Waals surface area (Å²) in [7, 11) is 5.01. The summed E-state index contributed by atoms with van der Waals surface area (Å²) >= 11 is 0. The molecule has 148 valence electrons. The van der Waals surface area contributed by atoms with Crippen LogP contribution in [0.25, 0.3) is 0 Å². The summed E-state index contributed by atoms with van der Waals surface area (Å²) < 4.78 is 5.38. The van der Waals surface area contributed by atoms with Crippen LogP contribution < -0.4 is 10.2 Å². The van der Waals surface area contributed by atoms with Crippen molar-refractivity contribution in [3.8, 4) is 0 Å². The summed E-state index contributed by atoms with van der Waals surface area (Å²) in [6.07, 6.45) is 2.92. The zero-order chi connectivity index (χ0) is 19.6. The van der Waals surface area contributed by atoms with Gasteiger partial charge in [-0.1, -0.05) is 12.1 Å². The topological polar surface area (TPSA) is 77.5 Å². The van der Waals surface area contributed by atoms with Crippen LogP contribution in [0.15, 0.2) is 29.4 Å². The second kappa shape index (κ2) is 10.6. The highest BCUT2D eigenvalue weighted by Gasteiger charge is 2.18. The molecule has 1 aromatic rings. The highest BCUT2D eigenvalue weighted by atomic mass is 16.5. The summed E-state index contributed by atoms with van der Waals surface area (Å²) in [5.74, 6) is -0.259. The molecule has 0 bridgehead atoms. The molecule has 1 unspecified atom stereocenters. The van der Waals surface area contributed by atoms with E-state index in [1.807, 2.05) is 6.21 Å². The molecule has 1 aliphatic heterocycles. The van der Waals surface area contributed by atoms with Gasteiger partial charge in [0.15, 0.2) is 0 Å². The molecule has 1 fully saturated rings. The second-order valence-electron chi connectivity index (χ2n) is 6.46. The molecule has 1 aromatic carbocycles. The summed E-state index contributed by atoms with van der Waals surface area (Å²) in [6, 6.07) is 8.47. The fourth-order valence-electron chi connectivity index (χ4n) is 2.81. The first-order valence-electron chi connectivity index (χ1n) is 9.10. The highest BCUT2D eigenvalue weighted by molar-refractivity contribution is 5.86. The van der Waals surface area contributed by atoms with Crippen LogP contribution in [0.1, 0.15) is 12.0 Å². The van der Waals surface area contributed by atoms with E-state index in [-0.39, 0.29) is 18.5 Å². The number of anilines is 1. The smallest absolute Gasteiger partial charge is 0.232 e. The van der Waals surface area contributed by atoms with Gasteiger partial charge in [0.1, 0.15) is 6.17 Å². The molecular formula is C19H29N5O3. The van der Waals surface area contributed by atoms with Gasteiger partial charge in [-0.25, -0.2) is 0 Å². The molecule has 8 nitrogen and oxygen atoms in total. The minimum Gasteiger partial charge on any atom is -0.378 e. The lowest BCUT2D eigenvalue weighted by molar-refractivity contribution is -0.137. The van der Waals surface area contributed by atoms with Crippen LogP contribution in [0.5, 0.6) is 0 Å². The zero-order valence-electron chi connectivity index (χ0n) is 16.3. The van der Waals surface area contributed by atoms with E-state index in [9.17, 15) is 9.59 Å². The molecule has 1 aliphatic rings. The van der Waals surface area contributed by atoms with Crippen LogP contribution in [0, 0.1) is 0 Å². The summed E-state index contributed by atoms with van der Waals surface area (Å²) in [4.78, 5) is 25.9. The Morgan fingerprint density at radius 3 is 2.56 bits per heavy atom. The molecule has 1 heterocycles. The maximum atomic E-state index is 11.9. The third kappa shape index (κ3) is 6.33. The SMILES string of the molecule is CNC(CC(=O)N(C)C=O)N(C)/N=C/Cc1ccc(N2CCOCC2)cc1. The van der Waals surface area contributed by atoms with Crippen LogP contribution in [0.4, 0.5) is 5.69 Å². The molecule has 1 atom stereocenters. The molecule has 8 heteroatoms. The summed E-state index contributed by atoms with van der Waals surface area (Å²) in [6.45, 7) is 3.40. The predicted molar refractivity (Wildman–Crippen MR) is 106 cm³/mol. The lowest BCUT2D eigenvalue weighted by Gasteiger charge is -2.28. The molecule has 2 amide bonds. The van der Waals surface area contributed by atoms with E-state index in [4.69, 9.17) is 4.74 Å². The number of amides is 2. The van der Waals surface area contributed by atoms with Gasteiger partial charge in [-0.3, -0.25) is 24.8 Å². The molecule has 1 N–H and O–H groups in total. The van der Waals surface area contributed by atoms with Gasteiger partial charge in [0.2, 0.25) is 12.3 Å². The first-order chi connectivity index (χ1) is 13.0. The van der Waals surface area contributed by atoms with Crippen LogP contribution in [0.3, 0.4) is 0 Å². The van der Waals surface area contributed by atoms with Crippen LogP contribution in [-0.2, 0) is 20.7 Å². The molecule has 0 aromatic heterocycles. The Kier molecular flexibility index (Phi) is 8.22. The Labute approximate surface area is 160 Å². The van der Waals surface area contributed by atoms with Gasteiger partial charge in [-0.15, -0.1) is 0 Å². The minimum absolute atomic E-state index is 0.161. The van der Waals surface area contributed by atoms with Crippen molar-refractivity contribution in [2.24, 2.45) is 5.10 Å². The Hall–Kier alpha value is -2.45. The van der Waals surface area contributed by atoms with E-state index in [0.29, 0.717) is 12.8 Å². The van der Waals surface area contributed by atoms with Crippen molar-refractivity contribution in [3.05, 3.63) is 29.8 Å². The van der Waals surface area contributed by atoms with Crippen LogP contribution in [0.2, 0.25) is 0 Å². The van der Waals surface area contributed by atoms with Crippen LogP contribution >= 0.6 is 0 Å². The van der Waals surface area contributed by atoms with E-state index in [1.54, 1.807) is 19.1 Å². The third-order valence-corrected chi connectivity index (χ3v) is 4.61. The fourth-order valence-corrected chi connectivity index (χ4v) is 2.81. The van der Waals surface area contributed by atoms with E-state index < -0.39 is 0 Å². The van der Waals surface area contributed by atoms with Crippen LogP contribution in [-0.4, -0.2) is 82.1 Å². The van der Waals surface area contributed by atoms with E-state index in [2.05, 4.69) is 39.6 Å². The molecule has 1 saturated heterocycles.